The van der Waals surface area contributed by atoms with Gasteiger partial charge in [0.2, 0.25) is 0 Å². The molecular weight excluding hydrogens is 168 g/mol. The highest BCUT2D eigenvalue weighted by Crippen LogP contribution is 2.27. The molecule has 1 aliphatic heterocycles. The summed E-state index contributed by atoms with van der Waals surface area (Å²) in [5.74, 6) is -0.870. The van der Waals surface area contributed by atoms with Crippen LogP contribution in [0.15, 0.2) is 12.2 Å². The molecule has 0 saturated carbocycles. The molecule has 1 aliphatic rings. The van der Waals surface area contributed by atoms with Gasteiger partial charge in [0, 0.05) is 0 Å². The van der Waals surface area contributed by atoms with Crippen LogP contribution in [0.3, 0.4) is 0 Å². The zero-order valence-corrected chi connectivity index (χ0v) is 7.95. The predicted octanol–water partition coefficient (Wildman–Crippen LogP) is 1.68. The lowest BCUT2D eigenvalue weighted by atomic mass is 9.88. The minimum atomic E-state index is -0.391. The number of carbonyl (C=O) groups is 2. The highest BCUT2D eigenvalue weighted by atomic mass is 16.6. The van der Waals surface area contributed by atoms with E-state index in [-0.39, 0.29) is 24.2 Å². The quantitative estimate of drug-likeness (QED) is 0.379. The lowest BCUT2D eigenvalue weighted by Crippen LogP contribution is -2.16. The summed E-state index contributed by atoms with van der Waals surface area (Å²) in [6.07, 6.45) is 4.97. The topological polar surface area (TPSA) is 43.4 Å². The van der Waals surface area contributed by atoms with Gasteiger partial charge in [-0.1, -0.05) is 19.1 Å². The lowest BCUT2D eigenvalue weighted by Gasteiger charge is -2.12. The second-order valence-electron chi connectivity index (χ2n) is 3.20. The first-order chi connectivity index (χ1) is 6.19. The van der Waals surface area contributed by atoms with Crippen molar-refractivity contribution in [2.24, 2.45) is 11.8 Å². The highest BCUT2D eigenvalue weighted by molar-refractivity contribution is 5.94. The normalized spacial score (nSPS) is 25.2. The molecule has 0 unspecified atom stereocenters. The molecule has 0 N–H and O–H groups in total. The summed E-state index contributed by atoms with van der Waals surface area (Å²) < 4.78 is 4.49. The molecule has 1 heterocycles. The summed E-state index contributed by atoms with van der Waals surface area (Å²) in [6, 6.07) is 0. The standard InChI is InChI=1S/C10H14O3/c1-3-5-7(4-2)8-6-9(11)13-10(8)12/h3,5,7-8H,4,6H2,1-2H3/b5-3+/t7-,8+/m1/s1. The van der Waals surface area contributed by atoms with Gasteiger partial charge in [0.25, 0.3) is 0 Å². The third kappa shape index (κ3) is 2.17. The van der Waals surface area contributed by atoms with Crippen LogP contribution >= 0.6 is 0 Å². The predicted molar refractivity (Wildman–Crippen MR) is 47.8 cm³/mol. The molecule has 13 heavy (non-hydrogen) atoms. The molecule has 0 spiro atoms. The van der Waals surface area contributed by atoms with E-state index in [0.717, 1.165) is 6.42 Å². The first-order valence-electron chi connectivity index (χ1n) is 4.56. The molecule has 3 heteroatoms. The van der Waals surface area contributed by atoms with Gasteiger partial charge in [-0.2, -0.15) is 0 Å². The van der Waals surface area contributed by atoms with Crippen LogP contribution in [-0.4, -0.2) is 11.9 Å². The first kappa shape index (κ1) is 9.96. The molecule has 0 aromatic carbocycles. The molecule has 0 aromatic rings. The maximum atomic E-state index is 11.2. The van der Waals surface area contributed by atoms with Gasteiger partial charge in [-0.15, -0.1) is 0 Å². The van der Waals surface area contributed by atoms with Crippen molar-refractivity contribution in [1.82, 2.24) is 0 Å². The summed E-state index contributed by atoms with van der Waals surface area (Å²) in [4.78, 5) is 22.0. The molecular formula is C10H14O3. The molecule has 0 radical (unpaired) electrons. The van der Waals surface area contributed by atoms with Crippen molar-refractivity contribution in [2.45, 2.75) is 26.7 Å². The fourth-order valence-corrected chi connectivity index (χ4v) is 1.62. The summed E-state index contributed by atoms with van der Waals surface area (Å²) in [7, 11) is 0. The fraction of sp³-hybridized carbons (Fsp3) is 0.600. The number of esters is 2. The zero-order chi connectivity index (χ0) is 9.84. The molecule has 72 valence electrons. The Morgan fingerprint density at radius 2 is 2.31 bits per heavy atom. The van der Waals surface area contributed by atoms with E-state index in [4.69, 9.17) is 0 Å². The van der Waals surface area contributed by atoms with E-state index < -0.39 is 5.97 Å². The Kier molecular flexibility index (Phi) is 3.23. The van der Waals surface area contributed by atoms with Crippen LogP contribution in [0, 0.1) is 11.8 Å². The van der Waals surface area contributed by atoms with Crippen LogP contribution in [0.5, 0.6) is 0 Å². The fourth-order valence-electron chi connectivity index (χ4n) is 1.62. The van der Waals surface area contributed by atoms with E-state index in [1.165, 1.54) is 0 Å². The minimum Gasteiger partial charge on any atom is -0.393 e. The van der Waals surface area contributed by atoms with Gasteiger partial charge in [-0.3, -0.25) is 9.59 Å². The van der Waals surface area contributed by atoms with Crippen LogP contribution < -0.4 is 0 Å². The first-order valence-corrected chi connectivity index (χ1v) is 4.56. The van der Waals surface area contributed by atoms with Crippen molar-refractivity contribution in [1.29, 1.82) is 0 Å². The van der Waals surface area contributed by atoms with Crippen LogP contribution in [-0.2, 0) is 14.3 Å². The number of rotatable bonds is 3. The van der Waals surface area contributed by atoms with Gasteiger partial charge in [0.15, 0.2) is 0 Å². The molecule has 0 aromatic heterocycles. The minimum absolute atomic E-state index is 0.143. The van der Waals surface area contributed by atoms with Crippen LogP contribution in [0.25, 0.3) is 0 Å². The van der Waals surface area contributed by atoms with Gasteiger partial charge in [0.05, 0.1) is 12.3 Å². The van der Waals surface area contributed by atoms with Gasteiger partial charge in [0.1, 0.15) is 0 Å². The third-order valence-electron chi connectivity index (χ3n) is 2.33. The van der Waals surface area contributed by atoms with Gasteiger partial charge >= 0.3 is 11.9 Å². The summed E-state index contributed by atoms with van der Waals surface area (Å²) in [6.45, 7) is 3.91. The maximum Gasteiger partial charge on any atom is 0.317 e. The Labute approximate surface area is 77.8 Å². The molecule has 0 amide bonds. The van der Waals surface area contributed by atoms with E-state index >= 15 is 0 Å². The Bertz CT molecular complexity index is 243. The van der Waals surface area contributed by atoms with Crippen molar-refractivity contribution in [3.05, 3.63) is 12.2 Å². The molecule has 0 aliphatic carbocycles. The average Bonchev–Trinajstić information content (AvgIpc) is 2.41. The Morgan fingerprint density at radius 3 is 2.69 bits per heavy atom. The molecule has 0 bridgehead atoms. The smallest absolute Gasteiger partial charge is 0.317 e. The van der Waals surface area contributed by atoms with Gasteiger partial charge < -0.3 is 4.74 Å². The van der Waals surface area contributed by atoms with Gasteiger partial charge in [-0.05, 0) is 19.3 Å². The van der Waals surface area contributed by atoms with Crippen molar-refractivity contribution in [2.75, 3.05) is 0 Å². The zero-order valence-electron chi connectivity index (χ0n) is 7.95. The van der Waals surface area contributed by atoms with E-state index in [1.54, 1.807) is 0 Å². The maximum absolute atomic E-state index is 11.2. The largest absolute Gasteiger partial charge is 0.393 e. The molecule has 2 atom stereocenters. The third-order valence-corrected chi connectivity index (χ3v) is 2.33. The lowest BCUT2D eigenvalue weighted by molar-refractivity contribution is -0.153. The monoisotopic (exact) mass is 182 g/mol. The number of cyclic esters (lactones) is 2. The Hall–Kier alpha value is -1.12. The molecule has 3 nitrogen and oxygen atoms in total. The Morgan fingerprint density at radius 1 is 1.62 bits per heavy atom. The van der Waals surface area contributed by atoms with Crippen molar-refractivity contribution < 1.29 is 14.3 Å². The van der Waals surface area contributed by atoms with Crippen LogP contribution in [0.4, 0.5) is 0 Å². The van der Waals surface area contributed by atoms with Crippen molar-refractivity contribution in [3.8, 4) is 0 Å². The number of allylic oxidation sites excluding steroid dienone is 2. The van der Waals surface area contributed by atoms with E-state index in [0.29, 0.717) is 0 Å². The van der Waals surface area contributed by atoms with Crippen molar-refractivity contribution >= 4 is 11.9 Å². The second-order valence-corrected chi connectivity index (χ2v) is 3.20. The van der Waals surface area contributed by atoms with E-state index in [9.17, 15) is 9.59 Å². The summed E-state index contributed by atoms with van der Waals surface area (Å²) in [5, 5.41) is 0. The number of hydrogen-bond donors (Lipinski definition) is 0. The Balaban J connectivity index is 2.69. The summed E-state index contributed by atoms with van der Waals surface area (Å²) in [5.41, 5.74) is 0. The van der Waals surface area contributed by atoms with E-state index in [1.807, 2.05) is 26.0 Å². The van der Waals surface area contributed by atoms with E-state index in [2.05, 4.69) is 4.74 Å². The SMILES string of the molecule is C/C=C/[C@@H](CC)[C@@H]1CC(=O)OC1=O. The number of carbonyl (C=O) groups excluding carboxylic acids is 2. The summed E-state index contributed by atoms with van der Waals surface area (Å²) >= 11 is 0. The number of hydrogen-bond acceptors (Lipinski definition) is 3. The molecule has 1 saturated heterocycles. The van der Waals surface area contributed by atoms with Crippen LogP contribution in [0.1, 0.15) is 26.7 Å². The molecule has 1 fully saturated rings. The average molecular weight is 182 g/mol. The van der Waals surface area contributed by atoms with Gasteiger partial charge in [-0.25, -0.2) is 0 Å². The second kappa shape index (κ2) is 4.21. The highest BCUT2D eigenvalue weighted by Gasteiger charge is 2.37. The molecule has 1 rings (SSSR count). The van der Waals surface area contributed by atoms with Crippen molar-refractivity contribution in [3.63, 3.8) is 0 Å². The number of ether oxygens (including phenoxy) is 1. The van der Waals surface area contributed by atoms with Crippen LogP contribution in [0.2, 0.25) is 0 Å².